The first-order valence-electron chi connectivity index (χ1n) is 5.86. The molecule has 0 saturated heterocycles. The first-order chi connectivity index (χ1) is 8.97. The first-order valence-corrected chi connectivity index (χ1v) is 7.47. The number of hydrogen-bond acceptors (Lipinski definition) is 3. The summed E-state index contributed by atoms with van der Waals surface area (Å²) >= 11 is 5.03. The molecule has 0 spiro atoms. The van der Waals surface area contributed by atoms with E-state index in [1.165, 1.54) is 10.4 Å². The van der Waals surface area contributed by atoms with Crippen LogP contribution >= 0.6 is 27.3 Å². The van der Waals surface area contributed by atoms with Crippen LogP contribution in [-0.4, -0.2) is 5.91 Å². The van der Waals surface area contributed by atoms with Crippen LogP contribution in [-0.2, 0) is 6.54 Å². The van der Waals surface area contributed by atoms with Crippen LogP contribution < -0.4 is 11.1 Å². The molecule has 0 aliphatic carbocycles. The average molecular weight is 339 g/mol. The Morgan fingerprint density at radius 1 is 1.37 bits per heavy atom. The number of nitrogen functional groups attached to an aromatic ring is 1. The lowest BCUT2D eigenvalue weighted by Crippen LogP contribution is -2.23. The molecule has 5 heteroatoms. The summed E-state index contributed by atoms with van der Waals surface area (Å²) in [5.41, 5.74) is 8.08. The highest BCUT2D eigenvalue weighted by atomic mass is 79.9. The highest BCUT2D eigenvalue weighted by molar-refractivity contribution is 9.10. The second-order valence-electron chi connectivity index (χ2n) is 4.37. The minimum atomic E-state index is -0.145. The van der Waals surface area contributed by atoms with E-state index in [2.05, 4.69) is 41.2 Å². The van der Waals surface area contributed by atoms with E-state index < -0.39 is 0 Å². The van der Waals surface area contributed by atoms with Crippen molar-refractivity contribution < 1.29 is 4.79 Å². The Hall–Kier alpha value is -1.33. The fourth-order valence-corrected chi connectivity index (χ4v) is 3.11. The largest absolute Gasteiger partial charge is 0.398 e. The molecule has 0 aliphatic heterocycles. The average Bonchev–Trinajstić information content (AvgIpc) is 2.66. The fourth-order valence-electron chi connectivity index (χ4n) is 1.74. The standard InChI is InChI=1S/C14H15BrN2OS/c1-8-5-11(19-9(8)2)7-17-14(18)12-4-3-10(15)6-13(12)16/h3-6H,7,16H2,1-2H3,(H,17,18). The summed E-state index contributed by atoms with van der Waals surface area (Å²) in [7, 11) is 0. The van der Waals surface area contributed by atoms with E-state index in [-0.39, 0.29) is 5.91 Å². The van der Waals surface area contributed by atoms with Crippen LogP contribution in [0.4, 0.5) is 5.69 Å². The van der Waals surface area contributed by atoms with E-state index in [4.69, 9.17) is 5.73 Å². The number of rotatable bonds is 3. The maximum atomic E-state index is 12.0. The van der Waals surface area contributed by atoms with Gasteiger partial charge in [0.15, 0.2) is 0 Å². The van der Waals surface area contributed by atoms with Gasteiger partial charge in [-0.05, 0) is 43.7 Å². The molecule has 100 valence electrons. The van der Waals surface area contributed by atoms with Crippen LogP contribution in [0.25, 0.3) is 0 Å². The number of amides is 1. The Balaban J connectivity index is 2.05. The normalized spacial score (nSPS) is 10.5. The Morgan fingerprint density at radius 2 is 2.11 bits per heavy atom. The Labute approximate surface area is 125 Å². The van der Waals surface area contributed by atoms with Crippen LogP contribution in [0.15, 0.2) is 28.7 Å². The number of nitrogens with two attached hydrogens (primary N) is 1. The van der Waals surface area contributed by atoms with Gasteiger partial charge in [0.05, 0.1) is 12.1 Å². The van der Waals surface area contributed by atoms with Crippen LogP contribution in [0.5, 0.6) is 0 Å². The second-order valence-corrected chi connectivity index (χ2v) is 6.62. The minimum absolute atomic E-state index is 0.145. The van der Waals surface area contributed by atoms with Gasteiger partial charge in [0.2, 0.25) is 0 Å². The Morgan fingerprint density at radius 3 is 2.68 bits per heavy atom. The quantitative estimate of drug-likeness (QED) is 0.839. The fraction of sp³-hybridized carbons (Fsp3) is 0.214. The maximum Gasteiger partial charge on any atom is 0.253 e. The predicted molar refractivity (Wildman–Crippen MR) is 83.5 cm³/mol. The van der Waals surface area contributed by atoms with Crippen molar-refractivity contribution in [3.63, 3.8) is 0 Å². The summed E-state index contributed by atoms with van der Waals surface area (Å²) in [6, 6.07) is 7.37. The molecule has 1 aromatic carbocycles. The number of benzene rings is 1. The molecule has 1 aromatic heterocycles. The minimum Gasteiger partial charge on any atom is -0.398 e. The molecule has 0 radical (unpaired) electrons. The highest BCUT2D eigenvalue weighted by Crippen LogP contribution is 2.21. The zero-order valence-corrected chi connectivity index (χ0v) is 13.2. The number of hydrogen-bond donors (Lipinski definition) is 2. The van der Waals surface area contributed by atoms with Crippen molar-refractivity contribution in [2.45, 2.75) is 20.4 Å². The lowest BCUT2D eigenvalue weighted by molar-refractivity contribution is 0.0952. The topological polar surface area (TPSA) is 55.1 Å². The van der Waals surface area contributed by atoms with Crippen molar-refractivity contribution in [2.24, 2.45) is 0 Å². The number of aryl methyl sites for hydroxylation is 2. The zero-order valence-electron chi connectivity index (χ0n) is 10.8. The molecule has 19 heavy (non-hydrogen) atoms. The van der Waals surface area contributed by atoms with E-state index in [9.17, 15) is 4.79 Å². The first kappa shape index (κ1) is 14.1. The number of carbonyl (C=O) groups is 1. The molecular weight excluding hydrogens is 324 g/mol. The van der Waals surface area contributed by atoms with Gasteiger partial charge in [0, 0.05) is 19.9 Å². The lowest BCUT2D eigenvalue weighted by atomic mass is 10.1. The number of anilines is 1. The van der Waals surface area contributed by atoms with Gasteiger partial charge in [-0.2, -0.15) is 0 Å². The second kappa shape index (κ2) is 5.75. The molecule has 3 N–H and O–H groups in total. The lowest BCUT2D eigenvalue weighted by Gasteiger charge is -2.06. The van der Waals surface area contributed by atoms with Crippen LogP contribution in [0, 0.1) is 13.8 Å². The summed E-state index contributed by atoms with van der Waals surface area (Å²) in [6.45, 7) is 4.69. The Kier molecular flexibility index (Phi) is 4.27. The summed E-state index contributed by atoms with van der Waals surface area (Å²) in [5, 5.41) is 2.89. The summed E-state index contributed by atoms with van der Waals surface area (Å²) in [6.07, 6.45) is 0. The molecule has 0 fully saturated rings. The number of carbonyl (C=O) groups excluding carboxylic acids is 1. The molecule has 0 atom stereocenters. The SMILES string of the molecule is Cc1cc(CNC(=O)c2ccc(Br)cc2N)sc1C. The van der Waals surface area contributed by atoms with Gasteiger partial charge in [0.1, 0.15) is 0 Å². The number of nitrogens with one attached hydrogen (secondary N) is 1. The molecule has 0 aliphatic rings. The van der Waals surface area contributed by atoms with E-state index in [1.54, 1.807) is 23.5 Å². The van der Waals surface area contributed by atoms with Crippen molar-refractivity contribution in [2.75, 3.05) is 5.73 Å². The van der Waals surface area contributed by atoms with Crippen LogP contribution in [0.3, 0.4) is 0 Å². The van der Waals surface area contributed by atoms with Gasteiger partial charge in [-0.25, -0.2) is 0 Å². The van der Waals surface area contributed by atoms with Gasteiger partial charge in [-0.15, -0.1) is 11.3 Å². The summed E-state index contributed by atoms with van der Waals surface area (Å²) < 4.78 is 0.867. The van der Waals surface area contributed by atoms with Gasteiger partial charge in [-0.3, -0.25) is 4.79 Å². The molecule has 1 amide bonds. The van der Waals surface area contributed by atoms with Gasteiger partial charge in [0.25, 0.3) is 5.91 Å². The van der Waals surface area contributed by atoms with E-state index in [1.807, 2.05) is 6.07 Å². The Bertz CT molecular complexity index is 602. The van der Waals surface area contributed by atoms with Gasteiger partial charge in [-0.1, -0.05) is 15.9 Å². The van der Waals surface area contributed by atoms with Gasteiger partial charge >= 0.3 is 0 Å². The summed E-state index contributed by atoms with van der Waals surface area (Å²) in [5.74, 6) is -0.145. The maximum absolute atomic E-state index is 12.0. The highest BCUT2D eigenvalue weighted by Gasteiger charge is 2.10. The van der Waals surface area contributed by atoms with Crippen LogP contribution in [0.1, 0.15) is 25.7 Å². The molecule has 2 aromatic rings. The van der Waals surface area contributed by atoms with Crippen molar-refractivity contribution in [3.05, 3.63) is 49.6 Å². The van der Waals surface area contributed by atoms with E-state index in [0.29, 0.717) is 17.8 Å². The molecule has 2 rings (SSSR count). The third-order valence-electron chi connectivity index (χ3n) is 2.90. The van der Waals surface area contributed by atoms with Crippen LogP contribution in [0.2, 0.25) is 0 Å². The van der Waals surface area contributed by atoms with Crippen molar-refractivity contribution in [1.29, 1.82) is 0 Å². The molecule has 1 heterocycles. The van der Waals surface area contributed by atoms with Crippen molar-refractivity contribution in [1.82, 2.24) is 5.32 Å². The molecular formula is C14H15BrN2OS. The number of halogens is 1. The smallest absolute Gasteiger partial charge is 0.253 e. The molecule has 0 unspecified atom stereocenters. The zero-order chi connectivity index (χ0) is 14.0. The third-order valence-corrected chi connectivity index (χ3v) is 4.54. The number of thiophene rings is 1. The third kappa shape index (κ3) is 3.36. The molecule has 0 bridgehead atoms. The van der Waals surface area contributed by atoms with E-state index in [0.717, 1.165) is 9.35 Å². The molecule has 3 nitrogen and oxygen atoms in total. The van der Waals surface area contributed by atoms with Crippen molar-refractivity contribution in [3.8, 4) is 0 Å². The monoisotopic (exact) mass is 338 g/mol. The van der Waals surface area contributed by atoms with Gasteiger partial charge < -0.3 is 11.1 Å². The predicted octanol–water partition coefficient (Wildman–Crippen LogP) is 3.64. The van der Waals surface area contributed by atoms with Crippen molar-refractivity contribution >= 4 is 38.9 Å². The molecule has 0 saturated carbocycles. The van der Waals surface area contributed by atoms with E-state index >= 15 is 0 Å². The summed E-state index contributed by atoms with van der Waals surface area (Å²) in [4.78, 5) is 14.5.